The van der Waals surface area contributed by atoms with Crippen molar-refractivity contribution >= 4 is 18.2 Å². The molecule has 1 aromatic rings. The number of aromatic nitrogens is 2. The van der Waals surface area contributed by atoms with Crippen molar-refractivity contribution in [2.75, 3.05) is 0 Å². The Bertz CT molecular complexity index is 330. The number of hydrogen-bond donors (Lipinski definition) is 2. The van der Waals surface area contributed by atoms with Crippen LogP contribution in [-0.2, 0) is 4.79 Å². The van der Waals surface area contributed by atoms with Crippen LogP contribution in [0.3, 0.4) is 0 Å². The number of carbonyl (C=O) groups is 1. The molecule has 1 unspecified atom stereocenters. The predicted molar refractivity (Wildman–Crippen MR) is 42.4 cm³/mol. The molecule has 1 heterocycles. The summed E-state index contributed by atoms with van der Waals surface area (Å²) in [7, 11) is 0. The molecule has 6 heteroatoms. The van der Waals surface area contributed by atoms with Crippen LogP contribution in [0.5, 0.6) is 0 Å². The summed E-state index contributed by atoms with van der Waals surface area (Å²) < 4.78 is 4.93. The van der Waals surface area contributed by atoms with Crippen LogP contribution >= 0.6 is 12.2 Å². The molecule has 5 nitrogen and oxygen atoms in total. The number of aliphatic carboxylic acids is 1. The van der Waals surface area contributed by atoms with E-state index >= 15 is 0 Å². The van der Waals surface area contributed by atoms with Crippen LogP contribution in [0.4, 0.5) is 0 Å². The molecule has 0 bridgehead atoms. The fourth-order valence-electron chi connectivity index (χ4n) is 0.801. The zero-order valence-electron chi connectivity index (χ0n) is 6.40. The fraction of sp³-hybridized carbons (Fsp3) is 0.500. The van der Waals surface area contributed by atoms with Gasteiger partial charge in [-0.05, 0) is 12.2 Å². The third kappa shape index (κ3) is 2.16. The van der Waals surface area contributed by atoms with Gasteiger partial charge in [-0.2, -0.15) is 0 Å². The first-order valence-corrected chi connectivity index (χ1v) is 3.77. The first kappa shape index (κ1) is 8.92. The van der Waals surface area contributed by atoms with E-state index in [4.69, 9.17) is 9.52 Å². The molecule has 2 N–H and O–H groups in total. The van der Waals surface area contributed by atoms with Crippen molar-refractivity contribution in [3.05, 3.63) is 10.7 Å². The van der Waals surface area contributed by atoms with Crippen molar-refractivity contribution in [2.45, 2.75) is 19.3 Å². The number of rotatable bonds is 3. The summed E-state index contributed by atoms with van der Waals surface area (Å²) in [5.74, 6) is -0.801. The van der Waals surface area contributed by atoms with Gasteiger partial charge in [-0.15, -0.1) is 5.10 Å². The smallest absolute Gasteiger partial charge is 0.304 e. The maximum Gasteiger partial charge on any atom is 0.304 e. The molecule has 0 aliphatic heterocycles. The maximum absolute atomic E-state index is 10.3. The largest absolute Gasteiger partial charge is 0.481 e. The molecule has 0 spiro atoms. The van der Waals surface area contributed by atoms with Crippen LogP contribution in [-0.4, -0.2) is 21.3 Å². The lowest BCUT2D eigenvalue weighted by Crippen LogP contribution is -2.02. The third-order valence-corrected chi connectivity index (χ3v) is 1.53. The van der Waals surface area contributed by atoms with E-state index in [2.05, 4.69) is 22.4 Å². The first-order chi connectivity index (χ1) is 5.59. The zero-order chi connectivity index (χ0) is 9.14. The summed E-state index contributed by atoms with van der Waals surface area (Å²) in [5, 5.41) is 14.6. The summed E-state index contributed by atoms with van der Waals surface area (Å²) in [6.45, 7) is 1.71. The molecule has 0 aliphatic rings. The average Bonchev–Trinajstić information content (AvgIpc) is 2.34. The molecular weight excluding hydrogens is 180 g/mol. The average molecular weight is 188 g/mol. The Kier molecular flexibility index (Phi) is 2.59. The monoisotopic (exact) mass is 188 g/mol. The molecule has 0 aliphatic carbocycles. The van der Waals surface area contributed by atoms with Crippen LogP contribution in [0.25, 0.3) is 0 Å². The number of carboxylic acid groups (broad SMARTS) is 1. The van der Waals surface area contributed by atoms with Crippen molar-refractivity contribution in [1.29, 1.82) is 0 Å². The van der Waals surface area contributed by atoms with E-state index < -0.39 is 5.97 Å². The summed E-state index contributed by atoms with van der Waals surface area (Å²) in [5.41, 5.74) is 0. The Morgan fingerprint density at radius 2 is 2.58 bits per heavy atom. The Labute approximate surface area is 73.4 Å². The van der Waals surface area contributed by atoms with Crippen molar-refractivity contribution in [1.82, 2.24) is 10.2 Å². The molecular formula is C6H8N2O3S. The van der Waals surface area contributed by atoms with Gasteiger partial charge in [-0.25, -0.2) is 5.10 Å². The highest BCUT2D eigenvalue weighted by molar-refractivity contribution is 7.71. The molecule has 1 rings (SSSR count). The first-order valence-electron chi connectivity index (χ1n) is 3.37. The van der Waals surface area contributed by atoms with Gasteiger partial charge in [0.2, 0.25) is 5.89 Å². The van der Waals surface area contributed by atoms with Crippen LogP contribution in [0, 0.1) is 4.84 Å². The van der Waals surface area contributed by atoms with E-state index in [1.807, 2.05) is 0 Å². The molecule has 1 atom stereocenters. The molecule has 0 saturated heterocycles. The maximum atomic E-state index is 10.3. The molecule has 0 fully saturated rings. The second kappa shape index (κ2) is 3.48. The predicted octanol–water partition coefficient (Wildman–Crippen LogP) is 1.31. The topological polar surface area (TPSA) is 79.1 Å². The van der Waals surface area contributed by atoms with E-state index in [1.54, 1.807) is 6.92 Å². The number of hydrogen-bond acceptors (Lipinski definition) is 4. The minimum absolute atomic E-state index is 0.0108. The van der Waals surface area contributed by atoms with E-state index in [0.717, 1.165) is 0 Å². The zero-order valence-corrected chi connectivity index (χ0v) is 7.22. The number of H-pyrrole nitrogens is 1. The van der Waals surface area contributed by atoms with Crippen molar-refractivity contribution in [2.24, 2.45) is 0 Å². The second-order valence-electron chi connectivity index (χ2n) is 2.45. The number of aromatic amines is 1. The molecule has 12 heavy (non-hydrogen) atoms. The van der Waals surface area contributed by atoms with Gasteiger partial charge in [0, 0.05) is 5.92 Å². The van der Waals surface area contributed by atoms with Gasteiger partial charge in [-0.3, -0.25) is 4.79 Å². The standard InChI is InChI=1S/C6H8N2O3S/c1-3(2-4(9)10)5-7-8-6(12)11-5/h3H,2H2,1H3,(H,8,12)(H,9,10). The normalized spacial score (nSPS) is 12.8. The van der Waals surface area contributed by atoms with E-state index in [0.29, 0.717) is 5.89 Å². The number of carboxylic acids is 1. The van der Waals surface area contributed by atoms with Gasteiger partial charge in [0.05, 0.1) is 6.42 Å². The molecule has 1 aromatic heterocycles. The molecule has 0 aromatic carbocycles. The highest BCUT2D eigenvalue weighted by atomic mass is 32.1. The summed E-state index contributed by atoms with van der Waals surface area (Å²) in [6, 6.07) is 0. The van der Waals surface area contributed by atoms with Crippen LogP contribution in [0.15, 0.2) is 4.42 Å². The van der Waals surface area contributed by atoms with Gasteiger partial charge >= 0.3 is 5.97 Å². The minimum atomic E-state index is -0.883. The lowest BCUT2D eigenvalue weighted by Gasteiger charge is -2.00. The number of nitrogens with zero attached hydrogens (tertiary/aromatic N) is 1. The minimum Gasteiger partial charge on any atom is -0.481 e. The van der Waals surface area contributed by atoms with E-state index in [9.17, 15) is 4.79 Å². The van der Waals surface area contributed by atoms with Gasteiger partial charge < -0.3 is 9.52 Å². The Balaban J connectivity index is 2.71. The lowest BCUT2D eigenvalue weighted by atomic mass is 10.1. The van der Waals surface area contributed by atoms with E-state index in [-0.39, 0.29) is 17.2 Å². The van der Waals surface area contributed by atoms with Gasteiger partial charge in [0.25, 0.3) is 4.84 Å². The van der Waals surface area contributed by atoms with Crippen molar-refractivity contribution in [3.63, 3.8) is 0 Å². The van der Waals surface area contributed by atoms with Gasteiger partial charge in [-0.1, -0.05) is 6.92 Å². The molecule has 0 amide bonds. The highest BCUT2D eigenvalue weighted by Gasteiger charge is 2.14. The Hall–Kier alpha value is -1.17. The third-order valence-electron chi connectivity index (χ3n) is 1.36. The van der Waals surface area contributed by atoms with Crippen molar-refractivity contribution < 1.29 is 14.3 Å². The molecule has 0 radical (unpaired) electrons. The lowest BCUT2D eigenvalue weighted by molar-refractivity contribution is -0.137. The quantitative estimate of drug-likeness (QED) is 0.699. The summed E-state index contributed by atoms with van der Waals surface area (Å²) in [4.78, 5) is 10.5. The number of nitrogens with one attached hydrogen (secondary N) is 1. The van der Waals surface area contributed by atoms with Crippen LogP contribution < -0.4 is 0 Å². The second-order valence-corrected chi connectivity index (χ2v) is 2.82. The SMILES string of the molecule is CC(CC(=O)O)c1n[nH]c(=S)o1. The van der Waals surface area contributed by atoms with E-state index in [1.165, 1.54) is 0 Å². The van der Waals surface area contributed by atoms with Crippen LogP contribution in [0.2, 0.25) is 0 Å². The summed E-state index contributed by atoms with van der Waals surface area (Å²) in [6.07, 6.45) is -0.0108. The summed E-state index contributed by atoms with van der Waals surface area (Å²) >= 11 is 4.63. The van der Waals surface area contributed by atoms with Gasteiger partial charge in [0.15, 0.2) is 0 Å². The Morgan fingerprint density at radius 3 is 3.00 bits per heavy atom. The van der Waals surface area contributed by atoms with Crippen molar-refractivity contribution in [3.8, 4) is 0 Å². The molecule has 66 valence electrons. The van der Waals surface area contributed by atoms with Crippen LogP contribution in [0.1, 0.15) is 25.2 Å². The molecule has 0 saturated carbocycles. The highest BCUT2D eigenvalue weighted by Crippen LogP contribution is 2.15. The van der Waals surface area contributed by atoms with Gasteiger partial charge in [0.1, 0.15) is 0 Å². The fourth-order valence-corrected chi connectivity index (χ4v) is 0.932. The Morgan fingerprint density at radius 1 is 1.92 bits per heavy atom.